The van der Waals surface area contributed by atoms with E-state index in [9.17, 15) is 32.3 Å². The summed E-state index contributed by atoms with van der Waals surface area (Å²) >= 11 is 1.07. The van der Waals surface area contributed by atoms with Crippen molar-refractivity contribution in [3.05, 3.63) is 101 Å². The third-order valence-electron chi connectivity index (χ3n) is 6.66. The lowest BCUT2D eigenvalue weighted by molar-refractivity contribution is -0.137. The number of nitrogens with zero attached hydrogens (tertiary/aromatic N) is 3. The predicted molar refractivity (Wildman–Crippen MR) is 156 cm³/mol. The van der Waals surface area contributed by atoms with Crippen molar-refractivity contribution in [2.24, 2.45) is 0 Å². The minimum atomic E-state index is -4.54. The molecule has 0 spiro atoms. The Balaban J connectivity index is 1.64. The number of alkyl halides is 3. The molecule has 5 aromatic rings. The zero-order chi connectivity index (χ0) is 31.6. The molecular weight excluding hydrogens is 600 g/mol. The number of halogens is 4. The van der Waals surface area contributed by atoms with Crippen LogP contribution in [0, 0.1) is 12.7 Å². The molecule has 1 amide bonds. The highest BCUT2D eigenvalue weighted by atomic mass is 32.1. The molecule has 0 bridgehead atoms. The molecule has 5 rings (SSSR count). The molecule has 2 aromatic heterocycles. The molecule has 0 radical (unpaired) electrons. The number of amides is 1. The van der Waals surface area contributed by atoms with Gasteiger partial charge in [-0.3, -0.25) is 4.79 Å². The number of methoxy groups -OCH3 is 1. The van der Waals surface area contributed by atoms with E-state index in [4.69, 9.17) is 4.74 Å². The van der Waals surface area contributed by atoms with Gasteiger partial charge in [-0.15, -0.1) is 0 Å². The molecule has 3 aromatic carbocycles. The van der Waals surface area contributed by atoms with Gasteiger partial charge in [0.05, 0.1) is 28.4 Å². The third-order valence-corrected chi connectivity index (χ3v) is 7.74. The van der Waals surface area contributed by atoms with Crippen molar-refractivity contribution in [3.8, 4) is 38.0 Å². The van der Waals surface area contributed by atoms with Crippen molar-refractivity contribution in [1.29, 1.82) is 0 Å². The van der Waals surface area contributed by atoms with Crippen LogP contribution in [0.1, 0.15) is 32.1 Å². The molecule has 0 aliphatic rings. The maximum atomic E-state index is 14.1. The van der Waals surface area contributed by atoms with Crippen LogP contribution in [0.15, 0.2) is 72.8 Å². The Morgan fingerprint density at radius 2 is 1.68 bits per heavy atom. The molecule has 0 unspecified atom stereocenters. The Kier molecular flexibility index (Phi) is 8.61. The summed E-state index contributed by atoms with van der Waals surface area (Å²) in [5.74, 6) is -2.20. The molecular formula is C31H24F4N4O4S. The molecule has 0 fully saturated rings. The lowest BCUT2D eigenvalue weighted by Crippen LogP contribution is -2.26. The van der Waals surface area contributed by atoms with Crippen LogP contribution in [0.2, 0.25) is 0 Å². The van der Waals surface area contributed by atoms with Crippen molar-refractivity contribution in [1.82, 2.24) is 20.1 Å². The van der Waals surface area contributed by atoms with Crippen LogP contribution >= 0.6 is 11.3 Å². The number of ether oxygens (including phenoxy) is 1. The Morgan fingerprint density at radius 1 is 1.00 bits per heavy atom. The average molecular weight is 625 g/mol. The molecule has 0 saturated heterocycles. The van der Waals surface area contributed by atoms with E-state index in [0.717, 1.165) is 28.2 Å². The molecule has 0 saturated carbocycles. The van der Waals surface area contributed by atoms with Crippen molar-refractivity contribution >= 4 is 23.2 Å². The average Bonchev–Trinajstić information content (AvgIpc) is 3.59. The molecule has 2 N–H and O–H groups in total. The number of carboxylic acids is 1. The van der Waals surface area contributed by atoms with Gasteiger partial charge in [0, 0.05) is 30.3 Å². The number of carbonyl (C=O) groups is 2. The zero-order valence-corrected chi connectivity index (χ0v) is 24.1. The van der Waals surface area contributed by atoms with Gasteiger partial charge in [-0.2, -0.15) is 23.0 Å². The van der Waals surface area contributed by atoms with Crippen molar-refractivity contribution < 1.29 is 37.0 Å². The first kappa shape index (κ1) is 30.6. The number of benzene rings is 3. The van der Waals surface area contributed by atoms with Crippen LogP contribution in [0.25, 0.3) is 38.0 Å². The number of carboxylic acid groups (broad SMARTS) is 1. The Hall–Kier alpha value is -4.88. The van der Waals surface area contributed by atoms with E-state index < -0.39 is 23.5 Å². The van der Waals surface area contributed by atoms with Crippen molar-refractivity contribution in [3.63, 3.8) is 0 Å². The lowest BCUT2D eigenvalue weighted by Gasteiger charge is -2.08. The largest absolute Gasteiger partial charge is 0.476 e. The second-order valence-corrected chi connectivity index (χ2v) is 10.6. The predicted octanol–water partition coefficient (Wildman–Crippen LogP) is 6.87. The molecule has 0 atom stereocenters. The fourth-order valence-corrected chi connectivity index (χ4v) is 5.65. The van der Waals surface area contributed by atoms with Gasteiger partial charge in [-0.1, -0.05) is 47.7 Å². The number of rotatable bonds is 9. The first-order chi connectivity index (χ1) is 21.0. The number of aromatic carboxylic acids is 1. The van der Waals surface area contributed by atoms with Crippen LogP contribution in [0.5, 0.6) is 0 Å². The van der Waals surface area contributed by atoms with Gasteiger partial charge >= 0.3 is 12.1 Å². The van der Waals surface area contributed by atoms with Crippen LogP contribution in [-0.2, 0) is 10.9 Å². The zero-order valence-electron chi connectivity index (χ0n) is 23.3. The first-order valence-corrected chi connectivity index (χ1v) is 13.9. The van der Waals surface area contributed by atoms with Gasteiger partial charge in [0.15, 0.2) is 5.69 Å². The van der Waals surface area contributed by atoms with E-state index in [2.05, 4.69) is 15.4 Å². The quantitative estimate of drug-likeness (QED) is 0.137. The van der Waals surface area contributed by atoms with Gasteiger partial charge in [-0.25, -0.2) is 14.2 Å². The number of carbonyl (C=O) groups excluding carboxylic acids is 1. The summed E-state index contributed by atoms with van der Waals surface area (Å²) in [5.41, 5.74) is 1.33. The second kappa shape index (κ2) is 12.4. The topological polar surface area (TPSA) is 106 Å². The highest BCUT2D eigenvalue weighted by Gasteiger charge is 2.31. The number of nitrogens with one attached hydrogen (secondary N) is 1. The van der Waals surface area contributed by atoms with Gasteiger partial charge < -0.3 is 15.2 Å². The highest BCUT2D eigenvalue weighted by molar-refractivity contribution is 7.18. The van der Waals surface area contributed by atoms with Crippen LogP contribution in [0.3, 0.4) is 0 Å². The number of hydrogen-bond acceptors (Lipinski definition) is 6. The molecule has 226 valence electrons. The van der Waals surface area contributed by atoms with Crippen molar-refractivity contribution in [2.45, 2.75) is 13.1 Å². The van der Waals surface area contributed by atoms with E-state index in [1.54, 1.807) is 37.3 Å². The summed E-state index contributed by atoms with van der Waals surface area (Å²) in [6, 6.07) is 16.4. The van der Waals surface area contributed by atoms with Gasteiger partial charge in [0.1, 0.15) is 5.82 Å². The summed E-state index contributed by atoms with van der Waals surface area (Å²) in [7, 11) is 1.52. The van der Waals surface area contributed by atoms with Crippen LogP contribution in [-0.4, -0.2) is 52.0 Å². The summed E-state index contributed by atoms with van der Waals surface area (Å²) < 4.78 is 60.0. The minimum Gasteiger partial charge on any atom is -0.476 e. The van der Waals surface area contributed by atoms with E-state index in [0.29, 0.717) is 46.0 Å². The van der Waals surface area contributed by atoms with E-state index in [1.807, 2.05) is 0 Å². The Labute approximate surface area is 252 Å². The van der Waals surface area contributed by atoms with Crippen LogP contribution < -0.4 is 5.32 Å². The Bertz CT molecular complexity index is 1830. The molecule has 2 heterocycles. The maximum Gasteiger partial charge on any atom is 0.416 e. The fraction of sp³-hybridized carbons (Fsp3) is 0.161. The minimum absolute atomic E-state index is 0.124. The second-order valence-electron chi connectivity index (χ2n) is 9.61. The van der Waals surface area contributed by atoms with Gasteiger partial charge in [0.25, 0.3) is 5.91 Å². The fourth-order valence-electron chi connectivity index (χ4n) is 4.60. The number of thiazole rings is 1. The molecule has 8 nitrogen and oxygen atoms in total. The summed E-state index contributed by atoms with van der Waals surface area (Å²) in [6.45, 7) is 2.25. The Morgan fingerprint density at radius 3 is 2.30 bits per heavy atom. The van der Waals surface area contributed by atoms with Crippen molar-refractivity contribution in [2.75, 3.05) is 20.3 Å². The molecule has 13 heteroatoms. The summed E-state index contributed by atoms with van der Waals surface area (Å²) in [4.78, 5) is 30.1. The lowest BCUT2D eigenvalue weighted by atomic mass is 10.0. The molecule has 0 aliphatic carbocycles. The number of hydrogen-bond donors (Lipinski definition) is 2. The smallest absolute Gasteiger partial charge is 0.416 e. The third kappa shape index (κ3) is 6.24. The standard InChI is InChI=1S/C31H24F4N4O4S/c1-17-24(21-4-3-5-23(32)16-21)26(29(41)42)39(38-17)30-37-25(18-10-12-22(13-11-18)31(33,34)35)27(44-30)19-6-8-20(9-7-19)28(40)36-14-15-43-2/h3-13,16H,14-15H2,1-2H3,(H,36,40)(H,41,42). The van der Waals surface area contributed by atoms with Gasteiger partial charge in [0.2, 0.25) is 5.13 Å². The normalized spacial score (nSPS) is 11.5. The summed E-state index contributed by atoms with van der Waals surface area (Å²) in [5, 5.41) is 17.5. The SMILES string of the molecule is COCCNC(=O)c1ccc(-c2sc(-n3nc(C)c(-c4cccc(F)c4)c3C(=O)O)nc2-c2ccc(C(F)(F)F)cc2)cc1. The van der Waals surface area contributed by atoms with Gasteiger partial charge in [-0.05, 0) is 54.4 Å². The van der Waals surface area contributed by atoms with Crippen LogP contribution in [0.4, 0.5) is 17.6 Å². The maximum absolute atomic E-state index is 14.1. The molecule has 0 aliphatic heterocycles. The van der Waals surface area contributed by atoms with E-state index >= 15 is 0 Å². The highest BCUT2D eigenvalue weighted by Crippen LogP contribution is 2.41. The number of aryl methyl sites for hydroxylation is 1. The molecule has 44 heavy (non-hydrogen) atoms. The monoisotopic (exact) mass is 624 g/mol. The number of aromatic nitrogens is 3. The summed E-state index contributed by atoms with van der Waals surface area (Å²) in [6.07, 6.45) is -4.54. The first-order valence-electron chi connectivity index (χ1n) is 13.1. The van der Waals surface area contributed by atoms with E-state index in [1.165, 1.54) is 37.4 Å². The van der Waals surface area contributed by atoms with E-state index in [-0.39, 0.29) is 28.0 Å².